The number of hydrogen-bond acceptors (Lipinski definition) is 4. The van der Waals surface area contributed by atoms with Crippen LogP contribution in [0.4, 0.5) is 0 Å². The first-order valence-electron chi connectivity index (χ1n) is 5.92. The highest BCUT2D eigenvalue weighted by Crippen LogP contribution is 2.29. The quantitative estimate of drug-likeness (QED) is 0.599. The first kappa shape index (κ1) is 11.2. The average Bonchev–Trinajstić information content (AvgIpc) is 3.22. The Bertz CT molecular complexity index is 578. The van der Waals surface area contributed by atoms with Crippen LogP contribution in [-0.4, -0.2) is 19.3 Å². The van der Waals surface area contributed by atoms with Gasteiger partial charge in [-0.15, -0.1) is 0 Å². The fourth-order valence-electron chi connectivity index (χ4n) is 2.03. The molecule has 0 aliphatic carbocycles. The number of fused-ring (bicyclic) bond motifs is 1. The topological polar surface area (TPSA) is 51.2 Å². The lowest BCUT2D eigenvalue weighted by atomic mass is 10.0. The van der Waals surface area contributed by atoms with Crippen molar-refractivity contribution in [1.82, 2.24) is 0 Å². The summed E-state index contributed by atoms with van der Waals surface area (Å²) in [5.41, 5.74) is 0.851. The molecule has 0 saturated carbocycles. The van der Waals surface area contributed by atoms with Crippen molar-refractivity contribution in [3.05, 3.63) is 46.9 Å². The lowest BCUT2D eigenvalue weighted by molar-refractivity contribution is 0.261. The Labute approximate surface area is 104 Å². The van der Waals surface area contributed by atoms with Crippen molar-refractivity contribution in [2.24, 2.45) is 5.18 Å². The molecule has 92 valence electrons. The molecule has 4 nitrogen and oxygen atoms in total. The lowest BCUT2D eigenvalue weighted by Crippen LogP contribution is -2.06. The number of epoxide rings is 1. The van der Waals surface area contributed by atoms with Crippen molar-refractivity contribution in [3.8, 4) is 5.75 Å². The van der Waals surface area contributed by atoms with Crippen LogP contribution >= 0.6 is 0 Å². The molecule has 1 unspecified atom stereocenters. The minimum Gasteiger partial charge on any atom is -0.490 e. The predicted molar refractivity (Wildman–Crippen MR) is 68.7 cm³/mol. The molecule has 1 atom stereocenters. The Hall–Kier alpha value is -1.94. The first-order chi connectivity index (χ1) is 8.88. The number of hydrogen-bond donors (Lipinski definition) is 0. The van der Waals surface area contributed by atoms with Crippen molar-refractivity contribution in [1.29, 1.82) is 0 Å². The van der Waals surface area contributed by atoms with E-state index in [0.717, 1.165) is 28.7 Å². The van der Waals surface area contributed by atoms with Gasteiger partial charge in [-0.1, -0.05) is 35.5 Å². The Morgan fingerprint density at radius 1 is 1.28 bits per heavy atom. The van der Waals surface area contributed by atoms with Gasteiger partial charge < -0.3 is 9.47 Å². The summed E-state index contributed by atoms with van der Waals surface area (Å²) in [5.74, 6) is 0.726. The molecule has 0 spiro atoms. The van der Waals surface area contributed by atoms with Crippen LogP contribution in [0, 0.1) is 4.91 Å². The van der Waals surface area contributed by atoms with Crippen LogP contribution in [0.2, 0.25) is 0 Å². The first-order valence-corrected chi connectivity index (χ1v) is 5.92. The zero-order chi connectivity index (χ0) is 12.4. The maximum Gasteiger partial charge on any atom is 0.125 e. The van der Waals surface area contributed by atoms with Gasteiger partial charge in [-0.25, -0.2) is 0 Å². The van der Waals surface area contributed by atoms with Crippen LogP contribution in [0.1, 0.15) is 5.56 Å². The van der Waals surface area contributed by atoms with Gasteiger partial charge >= 0.3 is 0 Å². The van der Waals surface area contributed by atoms with Gasteiger partial charge in [-0.2, -0.15) is 4.91 Å². The molecule has 2 aromatic rings. The van der Waals surface area contributed by atoms with Gasteiger partial charge in [0.1, 0.15) is 25.0 Å². The van der Waals surface area contributed by atoms with Gasteiger partial charge in [0, 0.05) is 5.56 Å². The van der Waals surface area contributed by atoms with Crippen LogP contribution in [0.25, 0.3) is 10.8 Å². The van der Waals surface area contributed by atoms with Gasteiger partial charge in [0.25, 0.3) is 0 Å². The molecule has 1 saturated heterocycles. The molecular formula is C14H13NO3. The molecule has 0 amide bonds. The minimum absolute atomic E-state index is 0.127. The zero-order valence-corrected chi connectivity index (χ0v) is 9.83. The van der Waals surface area contributed by atoms with Crippen molar-refractivity contribution in [2.75, 3.05) is 13.2 Å². The molecule has 0 aromatic heterocycles. The summed E-state index contributed by atoms with van der Waals surface area (Å²) in [7, 11) is 0. The van der Waals surface area contributed by atoms with E-state index in [1.54, 1.807) is 0 Å². The van der Waals surface area contributed by atoms with E-state index in [2.05, 4.69) is 5.18 Å². The van der Waals surface area contributed by atoms with E-state index in [1.165, 1.54) is 0 Å². The zero-order valence-electron chi connectivity index (χ0n) is 9.83. The SMILES string of the molecule is O=NCc1c(OCC2CO2)ccc2ccccc12. The normalized spacial score (nSPS) is 17.7. The fraction of sp³-hybridized carbons (Fsp3) is 0.286. The number of benzene rings is 2. The second-order valence-electron chi connectivity index (χ2n) is 4.32. The Morgan fingerprint density at radius 2 is 2.11 bits per heavy atom. The lowest BCUT2D eigenvalue weighted by Gasteiger charge is -2.11. The standard InChI is InChI=1S/C14H13NO3/c16-15-7-13-12-4-2-1-3-10(12)5-6-14(13)18-9-11-8-17-11/h1-6,11H,7-9H2. The van der Waals surface area contributed by atoms with E-state index in [0.29, 0.717) is 6.61 Å². The second kappa shape index (κ2) is 4.74. The largest absolute Gasteiger partial charge is 0.490 e. The summed E-state index contributed by atoms with van der Waals surface area (Å²) < 4.78 is 10.8. The van der Waals surface area contributed by atoms with Crippen molar-refractivity contribution < 1.29 is 9.47 Å². The molecule has 1 aliphatic heterocycles. The van der Waals surface area contributed by atoms with Gasteiger partial charge in [0.15, 0.2) is 0 Å². The molecule has 2 aromatic carbocycles. The molecule has 0 N–H and O–H groups in total. The van der Waals surface area contributed by atoms with Crippen LogP contribution in [0.3, 0.4) is 0 Å². The van der Waals surface area contributed by atoms with Crippen LogP contribution in [0.15, 0.2) is 41.6 Å². The summed E-state index contributed by atoms with van der Waals surface area (Å²) in [6.45, 7) is 1.42. The van der Waals surface area contributed by atoms with E-state index in [9.17, 15) is 4.91 Å². The molecule has 3 rings (SSSR count). The Morgan fingerprint density at radius 3 is 2.89 bits per heavy atom. The Kier molecular flexibility index (Phi) is 2.94. The summed E-state index contributed by atoms with van der Waals surface area (Å²) >= 11 is 0. The molecule has 0 radical (unpaired) electrons. The maximum absolute atomic E-state index is 10.6. The molecule has 1 heterocycles. The number of ether oxygens (including phenoxy) is 2. The van der Waals surface area contributed by atoms with E-state index < -0.39 is 0 Å². The summed E-state index contributed by atoms with van der Waals surface area (Å²) in [4.78, 5) is 10.6. The smallest absolute Gasteiger partial charge is 0.125 e. The molecule has 0 bridgehead atoms. The minimum atomic E-state index is 0.127. The van der Waals surface area contributed by atoms with Gasteiger partial charge in [-0.3, -0.25) is 0 Å². The van der Waals surface area contributed by atoms with Crippen molar-refractivity contribution >= 4 is 10.8 Å². The highest BCUT2D eigenvalue weighted by Gasteiger charge is 2.23. The Balaban J connectivity index is 1.99. The fourth-order valence-corrected chi connectivity index (χ4v) is 2.03. The molecular weight excluding hydrogens is 230 g/mol. The highest BCUT2D eigenvalue weighted by atomic mass is 16.6. The third-order valence-electron chi connectivity index (χ3n) is 3.05. The molecule has 18 heavy (non-hydrogen) atoms. The summed E-state index contributed by atoms with van der Waals surface area (Å²) in [6.07, 6.45) is 0.202. The van der Waals surface area contributed by atoms with Crippen molar-refractivity contribution in [3.63, 3.8) is 0 Å². The van der Waals surface area contributed by atoms with E-state index >= 15 is 0 Å². The van der Waals surface area contributed by atoms with Gasteiger partial charge in [0.2, 0.25) is 0 Å². The average molecular weight is 243 g/mol. The highest BCUT2D eigenvalue weighted by molar-refractivity contribution is 5.87. The van der Waals surface area contributed by atoms with Crippen molar-refractivity contribution in [2.45, 2.75) is 12.6 Å². The van der Waals surface area contributed by atoms with Crippen LogP contribution < -0.4 is 4.74 Å². The van der Waals surface area contributed by atoms with Crippen LogP contribution in [0.5, 0.6) is 5.75 Å². The molecule has 1 aliphatic rings. The summed E-state index contributed by atoms with van der Waals surface area (Å²) in [6, 6.07) is 11.8. The summed E-state index contributed by atoms with van der Waals surface area (Å²) in [5, 5.41) is 5.11. The third kappa shape index (κ3) is 2.19. The number of rotatable bonds is 5. The third-order valence-corrected chi connectivity index (χ3v) is 3.05. The molecule has 4 heteroatoms. The number of nitroso groups, excluding NO2 is 1. The van der Waals surface area contributed by atoms with Gasteiger partial charge in [0.05, 0.1) is 6.61 Å². The van der Waals surface area contributed by atoms with Gasteiger partial charge in [-0.05, 0) is 16.8 Å². The van der Waals surface area contributed by atoms with Crippen LogP contribution in [-0.2, 0) is 11.3 Å². The van der Waals surface area contributed by atoms with E-state index in [-0.39, 0.29) is 12.6 Å². The predicted octanol–water partition coefficient (Wildman–Crippen LogP) is 2.88. The monoisotopic (exact) mass is 243 g/mol. The maximum atomic E-state index is 10.6. The van der Waals surface area contributed by atoms with E-state index in [1.807, 2.05) is 36.4 Å². The number of nitrogens with zero attached hydrogens (tertiary/aromatic N) is 1. The van der Waals surface area contributed by atoms with E-state index in [4.69, 9.17) is 9.47 Å². The molecule has 1 fully saturated rings. The second-order valence-corrected chi connectivity index (χ2v) is 4.32.